The van der Waals surface area contributed by atoms with Crippen molar-refractivity contribution in [3.05, 3.63) is 28.2 Å². The summed E-state index contributed by atoms with van der Waals surface area (Å²) in [5, 5.41) is 12.3. The molecule has 0 saturated heterocycles. The van der Waals surface area contributed by atoms with Crippen LogP contribution >= 0.6 is 15.9 Å². The normalized spacial score (nSPS) is 12.0. The molecule has 1 rings (SSSR count). The lowest BCUT2D eigenvalue weighted by Crippen LogP contribution is -2.24. The molecule has 1 amide bonds. The Hall–Kier alpha value is -1.07. The van der Waals surface area contributed by atoms with Crippen LogP contribution in [-0.4, -0.2) is 24.2 Å². The van der Waals surface area contributed by atoms with E-state index in [-0.39, 0.29) is 5.91 Å². The number of hydrogen-bond acceptors (Lipinski definition) is 3. The molecule has 0 radical (unpaired) electrons. The van der Waals surface area contributed by atoms with Crippen molar-refractivity contribution in [3.63, 3.8) is 0 Å². The smallest absolute Gasteiger partial charge is 0.223 e. The van der Waals surface area contributed by atoms with Gasteiger partial charge in [-0.2, -0.15) is 0 Å². The maximum absolute atomic E-state index is 11.3. The molecule has 0 aliphatic rings. The second-order valence-corrected chi connectivity index (χ2v) is 4.83. The summed E-state index contributed by atoms with van der Waals surface area (Å²) in [5.74, 6) is 0.565. The summed E-state index contributed by atoms with van der Waals surface area (Å²) in [4.78, 5) is 11.3. The minimum atomic E-state index is -0.599. The molecule has 0 aliphatic heterocycles. The lowest BCUT2D eigenvalue weighted by molar-refractivity contribution is -0.121. The minimum absolute atomic E-state index is 0.0360. The van der Waals surface area contributed by atoms with Crippen LogP contribution in [0.25, 0.3) is 0 Å². The highest BCUT2D eigenvalue weighted by Gasteiger charge is 2.10. The summed E-state index contributed by atoms with van der Waals surface area (Å²) in [5.41, 5.74) is 0.717. The molecule has 1 aromatic rings. The Labute approximate surface area is 115 Å². The van der Waals surface area contributed by atoms with Crippen LogP contribution in [0.2, 0.25) is 0 Å². The van der Waals surface area contributed by atoms with Crippen LogP contribution in [0.4, 0.5) is 0 Å². The third kappa shape index (κ3) is 4.66. The van der Waals surface area contributed by atoms with Gasteiger partial charge in [0, 0.05) is 16.6 Å². The Bertz CT molecular complexity index is 407. The fourth-order valence-electron chi connectivity index (χ4n) is 1.52. The van der Waals surface area contributed by atoms with Crippen LogP contribution in [0.1, 0.15) is 31.9 Å². The molecule has 0 aliphatic carbocycles. The average molecular weight is 316 g/mol. The van der Waals surface area contributed by atoms with Crippen molar-refractivity contribution in [3.8, 4) is 5.75 Å². The van der Waals surface area contributed by atoms with Gasteiger partial charge >= 0.3 is 0 Å². The predicted molar refractivity (Wildman–Crippen MR) is 73.6 cm³/mol. The zero-order chi connectivity index (χ0) is 13.5. The molecule has 2 N–H and O–H groups in total. The highest BCUT2D eigenvalue weighted by Crippen LogP contribution is 2.28. The van der Waals surface area contributed by atoms with Gasteiger partial charge in [-0.1, -0.05) is 22.0 Å². The van der Waals surface area contributed by atoms with Gasteiger partial charge in [0.05, 0.1) is 19.1 Å². The van der Waals surface area contributed by atoms with Gasteiger partial charge in [0.25, 0.3) is 0 Å². The van der Waals surface area contributed by atoms with Gasteiger partial charge in [-0.15, -0.1) is 0 Å². The summed E-state index contributed by atoms with van der Waals surface area (Å²) in [6, 6.07) is 5.44. The Morgan fingerprint density at radius 3 is 2.89 bits per heavy atom. The first-order valence-electron chi connectivity index (χ1n) is 5.91. The van der Waals surface area contributed by atoms with Crippen LogP contribution in [0.15, 0.2) is 22.7 Å². The third-order valence-electron chi connectivity index (χ3n) is 2.39. The fraction of sp³-hybridized carbons (Fsp3) is 0.462. The number of benzene rings is 1. The molecule has 0 bridgehead atoms. The van der Waals surface area contributed by atoms with Gasteiger partial charge in [0.1, 0.15) is 5.75 Å². The first-order valence-corrected chi connectivity index (χ1v) is 6.71. The second kappa shape index (κ2) is 7.38. The number of carbonyl (C=O) groups excluding carboxylic acids is 1. The minimum Gasteiger partial charge on any atom is -0.493 e. The van der Waals surface area contributed by atoms with Crippen molar-refractivity contribution in [2.45, 2.75) is 26.4 Å². The maximum atomic E-state index is 11.3. The molecule has 0 spiro atoms. The van der Waals surface area contributed by atoms with Crippen molar-refractivity contribution >= 4 is 21.8 Å². The number of rotatable bonds is 6. The number of halogens is 1. The molecule has 5 heteroatoms. The zero-order valence-electron chi connectivity index (χ0n) is 10.6. The molecule has 0 fully saturated rings. The Morgan fingerprint density at radius 2 is 2.28 bits per heavy atom. The van der Waals surface area contributed by atoms with Crippen molar-refractivity contribution in [2.75, 3.05) is 13.2 Å². The van der Waals surface area contributed by atoms with Gasteiger partial charge in [-0.05, 0) is 26.0 Å². The van der Waals surface area contributed by atoms with Gasteiger partial charge in [0.15, 0.2) is 0 Å². The predicted octanol–water partition coefficient (Wildman–Crippen LogP) is 2.41. The Morgan fingerprint density at radius 1 is 1.56 bits per heavy atom. The number of ether oxygens (including phenoxy) is 1. The van der Waals surface area contributed by atoms with Crippen molar-refractivity contribution in [2.24, 2.45) is 0 Å². The van der Waals surface area contributed by atoms with Crippen molar-refractivity contribution < 1.29 is 14.6 Å². The van der Waals surface area contributed by atoms with E-state index in [9.17, 15) is 9.90 Å². The van der Waals surface area contributed by atoms with Crippen LogP contribution in [0.3, 0.4) is 0 Å². The maximum Gasteiger partial charge on any atom is 0.223 e. The Kier molecular flexibility index (Phi) is 6.15. The Balaban J connectivity index is 2.60. The van der Waals surface area contributed by atoms with Crippen LogP contribution in [-0.2, 0) is 4.79 Å². The number of carbonyl (C=O) groups is 1. The number of amides is 1. The van der Waals surface area contributed by atoms with E-state index >= 15 is 0 Å². The molecule has 1 atom stereocenters. The zero-order valence-corrected chi connectivity index (χ0v) is 12.2. The molecular weight excluding hydrogens is 298 g/mol. The summed E-state index contributed by atoms with van der Waals surface area (Å²) >= 11 is 3.35. The van der Waals surface area contributed by atoms with Crippen LogP contribution in [0, 0.1) is 0 Å². The molecule has 4 nitrogen and oxygen atoms in total. The van der Waals surface area contributed by atoms with E-state index in [2.05, 4.69) is 21.2 Å². The summed E-state index contributed by atoms with van der Waals surface area (Å²) < 4.78 is 6.42. The van der Waals surface area contributed by atoms with Crippen molar-refractivity contribution in [1.29, 1.82) is 0 Å². The molecule has 100 valence electrons. The topological polar surface area (TPSA) is 58.6 Å². The van der Waals surface area contributed by atoms with E-state index in [4.69, 9.17) is 4.74 Å². The lowest BCUT2D eigenvalue weighted by Gasteiger charge is -2.13. The molecule has 0 aromatic heterocycles. The fourth-order valence-corrected chi connectivity index (χ4v) is 1.86. The quantitative estimate of drug-likeness (QED) is 0.847. The van der Waals surface area contributed by atoms with Gasteiger partial charge < -0.3 is 15.2 Å². The highest BCUT2D eigenvalue weighted by molar-refractivity contribution is 9.10. The van der Waals surface area contributed by atoms with Gasteiger partial charge in [-0.25, -0.2) is 0 Å². The van der Waals surface area contributed by atoms with E-state index in [0.29, 0.717) is 30.9 Å². The highest BCUT2D eigenvalue weighted by atomic mass is 79.9. The summed E-state index contributed by atoms with van der Waals surface area (Å²) in [6.45, 7) is 4.47. The number of aliphatic hydroxyl groups is 1. The number of nitrogens with one attached hydrogen (secondary N) is 1. The van der Waals surface area contributed by atoms with Gasteiger partial charge in [-0.3, -0.25) is 4.79 Å². The van der Waals surface area contributed by atoms with E-state index in [1.807, 2.05) is 13.0 Å². The largest absolute Gasteiger partial charge is 0.493 e. The standard InChI is InChI=1S/C13H18BrNO3/c1-3-15-13(17)6-7-18-12-8-10(14)4-5-11(12)9(2)16/h4-5,8-9,16H,3,6-7H2,1-2H3,(H,15,17). The molecule has 0 saturated carbocycles. The van der Waals surface area contributed by atoms with Crippen molar-refractivity contribution in [1.82, 2.24) is 5.32 Å². The number of hydrogen-bond donors (Lipinski definition) is 2. The van der Waals surface area contributed by atoms with Crippen LogP contribution < -0.4 is 10.1 Å². The second-order valence-electron chi connectivity index (χ2n) is 3.91. The molecule has 18 heavy (non-hydrogen) atoms. The number of aliphatic hydroxyl groups excluding tert-OH is 1. The van der Waals surface area contributed by atoms with Crippen LogP contribution in [0.5, 0.6) is 5.75 Å². The SMILES string of the molecule is CCNC(=O)CCOc1cc(Br)ccc1C(C)O. The monoisotopic (exact) mass is 315 g/mol. The third-order valence-corrected chi connectivity index (χ3v) is 2.88. The summed E-state index contributed by atoms with van der Waals surface area (Å²) in [7, 11) is 0. The first kappa shape index (κ1) is 15.0. The van der Waals surface area contributed by atoms with E-state index in [0.717, 1.165) is 4.47 Å². The van der Waals surface area contributed by atoms with E-state index in [1.165, 1.54) is 0 Å². The van der Waals surface area contributed by atoms with E-state index in [1.54, 1.807) is 19.1 Å². The lowest BCUT2D eigenvalue weighted by atomic mass is 10.1. The summed E-state index contributed by atoms with van der Waals surface area (Å²) in [6.07, 6.45) is -0.294. The first-order chi connectivity index (χ1) is 8.54. The molecular formula is C13H18BrNO3. The van der Waals surface area contributed by atoms with Gasteiger partial charge in [0.2, 0.25) is 5.91 Å². The molecule has 0 heterocycles. The molecule has 1 unspecified atom stereocenters. The van der Waals surface area contributed by atoms with E-state index < -0.39 is 6.10 Å². The average Bonchev–Trinajstić information content (AvgIpc) is 2.29. The molecule has 1 aromatic carbocycles.